The molecule has 4 aliphatic rings. The molecule has 0 radical (unpaired) electrons. The summed E-state index contributed by atoms with van der Waals surface area (Å²) < 4.78 is 6.22. The summed E-state index contributed by atoms with van der Waals surface area (Å²) in [5.74, 6) is -0.607. The van der Waals surface area contributed by atoms with Gasteiger partial charge >= 0.3 is 0 Å². The number of aryl methyl sites for hydroxylation is 1. The Morgan fingerprint density at radius 1 is 1.34 bits per heavy atom. The molecule has 3 saturated heterocycles. The van der Waals surface area contributed by atoms with Gasteiger partial charge in [-0.15, -0.1) is 11.3 Å². The molecule has 8 heteroatoms. The number of aromatic nitrogens is 1. The molecule has 1 aromatic rings. The first-order chi connectivity index (χ1) is 13.9. The number of carbonyl (C=O) groups is 2. The molecule has 0 aliphatic carbocycles. The van der Waals surface area contributed by atoms with Gasteiger partial charge in [0.25, 0.3) is 0 Å². The van der Waals surface area contributed by atoms with Gasteiger partial charge < -0.3 is 14.5 Å². The number of thiazole rings is 1. The fraction of sp³-hybridized carbons (Fsp3) is 0.667. The minimum atomic E-state index is -0.601. The summed E-state index contributed by atoms with van der Waals surface area (Å²) in [5, 5.41) is 3.20. The predicted octanol–water partition coefficient (Wildman–Crippen LogP) is 1.29. The molecule has 4 aliphatic heterocycles. The van der Waals surface area contributed by atoms with E-state index in [1.54, 1.807) is 11.3 Å². The SMILES string of the molecule is Cc1nc(CN2CCN(C(=O)[C@@H]3[C@H]4C=C[C@@]5(CN(C(C)C)C(=O)[C@@H]35)O4)CC2)cs1. The molecular formula is C21H28N4O3S. The van der Waals surface area contributed by atoms with Crippen LogP contribution in [0.3, 0.4) is 0 Å². The molecule has 1 aromatic heterocycles. The molecule has 0 N–H and O–H groups in total. The summed E-state index contributed by atoms with van der Waals surface area (Å²) in [7, 11) is 0. The molecule has 5 rings (SSSR count). The maximum absolute atomic E-state index is 13.4. The molecular weight excluding hydrogens is 388 g/mol. The number of amides is 2. The van der Waals surface area contributed by atoms with E-state index in [0.29, 0.717) is 19.6 Å². The lowest BCUT2D eigenvalue weighted by atomic mass is 9.76. The second kappa shape index (κ2) is 6.89. The first kappa shape index (κ1) is 19.2. The number of likely N-dealkylation sites (tertiary alicyclic amines) is 1. The topological polar surface area (TPSA) is 66.0 Å². The third-order valence-electron chi connectivity index (χ3n) is 6.77. The predicted molar refractivity (Wildman–Crippen MR) is 109 cm³/mol. The number of fused-ring (bicyclic) bond motifs is 1. The van der Waals surface area contributed by atoms with Crippen LogP contribution in [0.1, 0.15) is 24.5 Å². The van der Waals surface area contributed by atoms with Crippen molar-refractivity contribution >= 4 is 23.2 Å². The number of hydrogen-bond donors (Lipinski definition) is 0. The highest BCUT2D eigenvalue weighted by Gasteiger charge is 2.67. The maximum atomic E-state index is 13.4. The summed E-state index contributed by atoms with van der Waals surface area (Å²) in [4.78, 5) is 37.2. The number of rotatable bonds is 4. The Bertz CT molecular complexity index is 860. The third-order valence-corrected chi connectivity index (χ3v) is 7.60. The fourth-order valence-electron chi connectivity index (χ4n) is 5.29. The van der Waals surface area contributed by atoms with Gasteiger partial charge in [0.2, 0.25) is 11.8 Å². The van der Waals surface area contributed by atoms with E-state index in [9.17, 15) is 9.59 Å². The Morgan fingerprint density at radius 2 is 2.10 bits per heavy atom. The first-order valence-electron chi connectivity index (χ1n) is 10.5. The number of ether oxygens (including phenoxy) is 1. The second-order valence-electron chi connectivity index (χ2n) is 8.92. The zero-order chi connectivity index (χ0) is 20.3. The highest BCUT2D eigenvalue weighted by atomic mass is 32.1. The van der Waals surface area contributed by atoms with Crippen molar-refractivity contribution in [1.29, 1.82) is 0 Å². The molecule has 29 heavy (non-hydrogen) atoms. The molecule has 0 aromatic carbocycles. The van der Waals surface area contributed by atoms with Gasteiger partial charge in [0.05, 0.1) is 35.2 Å². The Labute approximate surface area is 175 Å². The monoisotopic (exact) mass is 416 g/mol. The van der Waals surface area contributed by atoms with Crippen LogP contribution in [0, 0.1) is 18.8 Å². The van der Waals surface area contributed by atoms with E-state index in [2.05, 4.69) is 15.3 Å². The van der Waals surface area contributed by atoms with E-state index < -0.39 is 5.60 Å². The normalized spacial score (nSPS) is 33.9. The van der Waals surface area contributed by atoms with E-state index in [-0.39, 0.29) is 35.8 Å². The van der Waals surface area contributed by atoms with Crippen LogP contribution in [0.15, 0.2) is 17.5 Å². The lowest BCUT2D eigenvalue weighted by Gasteiger charge is -2.37. The average Bonchev–Trinajstić information content (AvgIpc) is 3.43. The van der Waals surface area contributed by atoms with Crippen molar-refractivity contribution < 1.29 is 14.3 Å². The molecule has 2 amide bonds. The Morgan fingerprint density at radius 3 is 2.76 bits per heavy atom. The van der Waals surface area contributed by atoms with E-state index in [1.165, 1.54) is 0 Å². The summed E-state index contributed by atoms with van der Waals surface area (Å²) >= 11 is 1.67. The Balaban J connectivity index is 1.26. The van der Waals surface area contributed by atoms with Gasteiger partial charge in [-0.25, -0.2) is 4.98 Å². The van der Waals surface area contributed by atoms with Gasteiger partial charge in [0.15, 0.2) is 0 Å². The van der Waals surface area contributed by atoms with Crippen LogP contribution in [0.25, 0.3) is 0 Å². The van der Waals surface area contributed by atoms with E-state index in [1.807, 2.05) is 42.7 Å². The zero-order valence-electron chi connectivity index (χ0n) is 17.2. The van der Waals surface area contributed by atoms with E-state index >= 15 is 0 Å². The number of carbonyl (C=O) groups excluding carboxylic acids is 2. The first-order valence-corrected chi connectivity index (χ1v) is 11.4. The van der Waals surface area contributed by atoms with Crippen molar-refractivity contribution in [1.82, 2.24) is 19.7 Å². The van der Waals surface area contributed by atoms with Gasteiger partial charge in [0, 0.05) is 44.1 Å². The van der Waals surface area contributed by atoms with Crippen molar-refractivity contribution in [2.45, 2.75) is 45.1 Å². The van der Waals surface area contributed by atoms with Crippen molar-refractivity contribution in [3.8, 4) is 0 Å². The smallest absolute Gasteiger partial charge is 0.230 e. The lowest BCUT2D eigenvalue weighted by molar-refractivity contribution is -0.145. The van der Waals surface area contributed by atoms with Gasteiger partial charge in [0.1, 0.15) is 5.60 Å². The minimum absolute atomic E-state index is 0.0720. The van der Waals surface area contributed by atoms with Crippen LogP contribution in [-0.4, -0.2) is 82.0 Å². The molecule has 5 heterocycles. The fourth-order valence-corrected chi connectivity index (χ4v) is 5.90. The van der Waals surface area contributed by atoms with Crippen LogP contribution >= 0.6 is 11.3 Å². The van der Waals surface area contributed by atoms with Gasteiger partial charge in [-0.1, -0.05) is 12.2 Å². The van der Waals surface area contributed by atoms with Gasteiger partial charge in [-0.05, 0) is 20.8 Å². The van der Waals surface area contributed by atoms with Crippen LogP contribution in [0.2, 0.25) is 0 Å². The molecule has 4 atom stereocenters. The molecule has 0 saturated carbocycles. The van der Waals surface area contributed by atoms with Crippen molar-refractivity contribution in [2.75, 3.05) is 32.7 Å². The Hall–Kier alpha value is -1.77. The third kappa shape index (κ3) is 3.04. The highest BCUT2D eigenvalue weighted by molar-refractivity contribution is 7.09. The standard InChI is InChI=1S/C21H28N4O3S/c1-13(2)25-12-21-5-4-16(28-21)17(18(21)20(25)27)19(26)24-8-6-23(7-9-24)10-15-11-29-14(3)22-15/h4-5,11,13,16-18H,6-10,12H2,1-3H3/t16-,17-,18-,21+/m1/s1. The molecule has 2 bridgehead atoms. The molecule has 7 nitrogen and oxygen atoms in total. The van der Waals surface area contributed by atoms with Crippen LogP contribution in [0.4, 0.5) is 0 Å². The highest BCUT2D eigenvalue weighted by Crippen LogP contribution is 2.52. The van der Waals surface area contributed by atoms with Crippen LogP contribution in [-0.2, 0) is 20.9 Å². The van der Waals surface area contributed by atoms with Gasteiger partial charge in [-0.3, -0.25) is 14.5 Å². The lowest BCUT2D eigenvalue weighted by Crippen LogP contribution is -2.53. The average molecular weight is 417 g/mol. The van der Waals surface area contributed by atoms with E-state index in [4.69, 9.17) is 4.74 Å². The zero-order valence-corrected chi connectivity index (χ0v) is 18.0. The summed E-state index contributed by atoms with van der Waals surface area (Å²) in [6.45, 7) is 10.5. The van der Waals surface area contributed by atoms with Crippen molar-refractivity contribution in [3.63, 3.8) is 0 Å². The maximum Gasteiger partial charge on any atom is 0.230 e. The number of piperazine rings is 1. The molecule has 156 valence electrons. The summed E-state index contributed by atoms with van der Waals surface area (Å²) in [6.07, 6.45) is 3.76. The van der Waals surface area contributed by atoms with Crippen molar-refractivity contribution in [3.05, 3.63) is 28.2 Å². The van der Waals surface area contributed by atoms with E-state index in [0.717, 1.165) is 30.3 Å². The summed E-state index contributed by atoms with van der Waals surface area (Å²) in [5.41, 5.74) is 0.502. The van der Waals surface area contributed by atoms with Gasteiger partial charge in [-0.2, -0.15) is 0 Å². The quantitative estimate of drug-likeness (QED) is 0.692. The molecule has 3 fully saturated rings. The number of nitrogens with zero attached hydrogens (tertiary/aromatic N) is 4. The van der Waals surface area contributed by atoms with Crippen LogP contribution < -0.4 is 0 Å². The summed E-state index contributed by atoms with van der Waals surface area (Å²) in [6, 6.07) is 0.118. The van der Waals surface area contributed by atoms with Crippen molar-refractivity contribution in [2.24, 2.45) is 11.8 Å². The minimum Gasteiger partial charge on any atom is -0.360 e. The van der Waals surface area contributed by atoms with Crippen LogP contribution in [0.5, 0.6) is 0 Å². The second-order valence-corrected chi connectivity index (χ2v) is 9.98. The largest absolute Gasteiger partial charge is 0.360 e. The number of hydrogen-bond acceptors (Lipinski definition) is 6. The Kier molecular flexibility index (Phi) is 4.56. The molecule has 1 spiro atoms. The molecule has 0 unspecified atom stereocenters.